The summed E-state index contributed by atoms with van der Waals surface area (Å²) in [5.41, 5.74) is 2.44. The van der Waals surface area contributed by atoms with Crippen LogP contribution < -0.4 is 5.32 Å². The molecule has 2 N–H and O–H groups in total. The third-order valence-electron chi connectivity index (χ3n) is 3.52. The van der Waals surface area contributed by atoms with Crippen molar-refractivity contribution in [2.24, 2.45) is 0 Å². The first-order chi connectivity index (χ1) is 9.78. The third-order valence-corrected chi connectivity index (χ3v) is 3.52. The van der Waals surface area contributed by atoms with Crippen LogP contribution in [0.25, 0.3) is 11.0 Å². The minimum atomic E-state index is 0.0471. The molecule has 6 nitrogen and oxygen atoms in total. The molecule has 20 heavy (non-hydrogen) atoms. The quantitative estimate of drug-likeness (QED) is 0.861. The second-order valence-corrected chi connectivity index (χ2v) is 4.94. The van der Waals surface area contributed by atoms with E-state index < -0.39 is 0 Å². The lowest BCUT2D eigenvalue weighted by Gasteiger charge is -2.33. The number of morpholine rings is 1. The lowest BCUT2D eigenvalue weighted by Crippen LogP contribution is -2.48. The van der Waals surface area contributed by atoms with E-state index in [1.807, 2.05) is 30.1 Å². The molecule has 1 atom stereocenters. The highest BCUT2D eigenvalue weighted by Gasteiger charge is 2.24. The zero-order valence-electron chi connectivity index (χ0n) is 11.4. The van der Waals surface area contributed by atoms with E-state index in [1.54, 1.807) is 6.33 Å². The molecule has 6 heteroatoms. The third kappa shape index (κ3) is 2.52. The Morgan fingerprint density at radius 3 is 3.35 bits per heavy atom. The van der Waals surface area contributed by atoms with Gasteiger partial charge in [0.15, 0.2) is 0 Å². The summed E-state index contributed by atoms with van der Waals surface area (Å²) in [5.74, 6) is 0.0471. The van der Waals surface area contributed by atoms with Gasteiger partial charge in [-0.2, -0.15) is 0 Å². The van der Waals surface area contributed by atoms with Gasteiger partial charge in [0.1, 0.15) is 0 Å². The van der Waals surface area contributed by atoms with E-state index in [0.29, 0.717) is 25.3 Å². The highest BCUT2D eigenvalue weighted by atomic mass is 16.5. The predicted molar refractivity (Wildman–Crippen MR) is 75.7 cm³/mol. The maximum absolute atomic E-state index is 12.5. The highest BCUT2D eigenvalue weighted by Crippen LogP contribution is 2.15. The lowest BCUT2D eigenvalue weighted by molar-refractivity contribution is -0.0196. The van der Waals surface area contributed by atoms with Gasteiger partial charge in [0.05, 0.1) is 30.1 Å². The van der Waals surface area contributed by atoms with E-state index in [4.69, 9.17) is 4.74 Å². The van der Waals surface area contributed by atoms with Gasteiger partial charge in [0, 0.05) is 25.2 Å². The number of hydrogen-bond donors (Lipinski definition) is 2. The molecule has 1 fully saturated rings. The summed E-state index contributed by atoms with van der Waals surface area (Å²) in [4.78, 5) is 21.6. The number of amides is 1. The first-order valence-corrected chi connectivity index (χ1v) is 6.76. The zero-order valence-corrected chi connectivity index (χ0v) is 11.4. The van der Waals surface area contributed by atoms with Crippen LogP contribution in [0.1, 0.15) is 10.4 Å². The number of likely N-dealkylation sites (N-methyl/N-ethyl adjacent to an activating group) is 1. The van der Waals surface area contributed by atoms with Crippen molar-refractivity contribution in [3.8, 4) is 0 Å². The Morgan fingerprint density at radius 1 is 1.60 bits per heavy atom. The molecule has 0 bridgehead atoms. The molecule has 1 saturated heterocycles. The molecule has 0 spiro atoms. The highest BCUT2D eigenvalue weighted by molar-refractivity contribution is 5.97. The molecule has 2 heterocycles. The summed E-state index contributed by atoms with van der Waals surface area (Å²) in [7, 11) is 1.89. The number of fused-ring (bicyclic) bond motifs is 1. The van der Waals surface area contributed by atoms with Crippen molar-refractivity contribution in [2.45, 2.75) is 6.10 Å². The number of aromatic amines is 1. The van der Waals surface area contributed by atoms with Crippen molar-refractivity contribution in [3.63, 3.8) is 0 Å². The van der Waals surface area contributed by atoms with Gasteiger partial charge in [-0.1, -0.05) is 0 Å². The molecular formula is C14H18N4O2. The Kier molecular flexibility index (Phi) is 3.66. The zero-order chi connectivity index (χ0) is 13.9. The maximum Gasteiger partial charge on any atom is 0.254 e. The fourth-order valence-corrected chi connectivity index (χ4v) is 2.51. The first-order valence-electron chi connectivity index (χ1n) is 6.76. The van der Waals surface area contributed by atoms with Crippen LogP contribution in [0, 0.1) is 0 Å². The van der Waals surface area contributed by atoms with Crippen LogP contribution in [0.3, 0.4) is 0 Å². The molecule has 1 aromatic carbocycles. The van der Waals surface area contributed by atoms with Crippen LogP contribution in [0.4, 0.5) is 0 Å². The van der Waals surface area contributed by atoms with E-state index in [2.05, 4.69) is 15.3 Å². The van der Waals surface area contributed by atoms with Crippen molar-refractivity contribution in [1.29, 1.82) is 0 Å². The van der Waals surface area contributed by atoms with Crippen molar-refractivity contribution < 1.29 is 9.53 Å². The molecular weight excluding hydrogens is 256 g/mol. The van der Waals surface area contributed by atoms with E-state index >= 15 is 0 Å². The molecule has 0 radical (unpaired) electrons. The van der Waals surface area contributed by atoms with Gasteiger partial charge in [-0.25, -0.2) is 4.98 Å². The van der Waals surface area contributed by atoms with Gasteiger partial charge >= 0.3 is 0 Å². The first kappa shape index (κ1) is 13.1. The summed E-state index contributed by atoms with van der Waals surface area (Å²) in [5, 5.41) is 3.08. The van der Waals surface area contributed by atoms with Crippen LogP contribution >= 0.6 is 0 Å². The molecule has 1 aliphatic rings. The number of carbonyl (C=O) groups excluding carboxylic acids is 1. The molecule has 3 rings (SSSR count). The summed E-state index contributed by atoms with van der Waals surface area (Å²) in [6, 6.07) is 5.55. The minimum absolute atomic E-state index is 0.0471. The summed E-state index contributed by atoms with van der Waals surface area (Å²) in [6.07, 6.45) is 1.70. The second-order valence-electron chi connectivity index (χ2n) is 4.94. The molecule has 1 aromatic heterocycles. The molecule has 2 aromatic rings. The Labute approximate surface area is 117 Å². The van der Waals surface area contributed by atoms with Crippen LogP contribution in [-0.4, -0.2) is 60.2 Å². The SMILES string of the molecule is CNCC1CN(C(=O)c2ccc3nc[nH]c3c2)CCO1. The maximum atomic E-state index is 12.5. The number of nitrogens with zero attached hydrogens (tertiary/aromatic N) is 2. The molecule has 1 unspecified atom stereocenters. The van der Waals surface area contributed by atoms with Gasteiger partial charge in [-0.05, 0) is 25.2 Å². The summed E-state index contributed by atoms with van der Waals surface area (Å²) < 4.78 is 5.62. The predicted octanol–water partition coefficient (Wildman–Crippen LogP) is 0.623. The van der Waals surface area contributed by atoms with E-state index in [9.17, 15) is 4.79 Å². The van der Waals surface area contributed by atoms with Crippen molar-refractivity contribution in [3.05, 3.63) is 30.1 Å². The molecule has 106 valence electrons. The number of rotatable bonds is 3. The number of nitrogens with one attached hydrogen (secondary N) is 2. The monoisotopic (exact) mass is 274 g/mol. The average Bonchev–Trinajstić information content (AvgIpc) is 2.94. The Morgan fingerprint density at radius 2 is 2.50 bits per heavy atom. The minimum Gasteiger partial charge on any atom is -0.373 e. The number of carbonyl (C=O) groups is 1. The van der Waals surface area contributed by atoms with Crippen molar-refractivity contribution in [1.82, 2.24) is 20.2 Å². The Balaban J connectivity index is 1.77. The van der Waals surface area contributed by atoms with Crippen molar-refractivity contribution in [2.75, 3.05) is 33.3 Å². The smallest absolute Gasteiger partial charge is 0.254 e. The lowest BCUT2D eigenvalue weighted by atomic mass is 10.1. The van der Waals surface area contributed by atoms with E-state index in [-0.39, 0.29) is 12.0 Å². The number of H-pyrrole nitrogens is 1. The topological polar surface area (TPSA) is 70.2 Å². The Bertz CT molecular complexity index is 608. The molecule has 0 saturated carbocycles. The summed E-state index contributed by atoms with van der Waals surface area (Å²) >= 11 is 0. The van der Waals surface area contributed by atoms with Gasteiger partial charge in [-0.15, -0.1) is 0 Å². The van der Waals surface area contributed by atoms with Gasteiger partial charge in [0.2, 0.25) is 0 Å². The van der Waals surface area contributed by atoms with Gasteiger partial charge < -0.3 is 19.9 Å². The number of ether oxygens (including phenoxy) is 1. The normalized spacial score (nSPS) is 19.4. The number of aromatic nitrogens is 2. The fourth-order valence-electron chi connectivity index (χ4n) is 2.51. The second kappa shape index (κ2) is 5.60. The summed E-state index contributed by atoms with van der Waals surface area (Å²) in [6.45, 7) is 2.61. The van der Waals surface area contributed by atoms with Gasteiger partial charge in [-0.3, -0.25) is 4.79 Å². The number of imidazole rings is 1. The van der Waals surface area contributed by atoms with Crippen LogP contribution in [-0.2, 0) is 4.74 Å². The standard InChI is InChI=1S/C14H18N4O2/c1-15-7-11-8-18(4-5-20-11)14(19)10-2-3-12-13(6-10)17-9-16-12/h2-3,6,9,11,15H,4-5,7-8H2,1H3,(H,16,17). The number of benzene rings is 1. The molecule has 1 amide bonds. The van der Waals surface area contributed by atoms with E-state index in [0.717, 1.165) is 17.6 Å². The van der Waals surface area contributed by atoms with E-state index in [1.165, 1.54) is 0 Å². The van der Waals surface area contributed by atoms with Crippen LogP contribution in [0.2, 0.25) is 0 Å². The van der Waals surface area contributed by atoms with Crippen LogP contribution in [0.5, 0.6) is 0 Å². The fraction of sp³-hybridized carbons (Fsp3) is 0.429. The number of hydrogen-bond acceptors (Lipinski definition) is 4. The average molecular weight is 274 g/mol. The molecule has 0 aliphatic carbocycles. The van der Waals surface area contributed by atoms with Gasteiger partial charge in [0.25, 0.3) is 5.91 Å². The largest absolute Gasteiger partial charge is 0.373 e. The Hall–Kier alpha value is -1.92. The molecule has 1 aliphatic heterocycles. The van der Waals surface area contributed by atoms with Crippen LogP contribution in [0.15, 0.2) is 24.5 Å². The van der Waals surface area contributed by atoms with Crippen molar-refractivity contribution >= 4 is 16.9 Å².